The molecule has 24 heavy (non-hydrogen) atoms. The zero-order valence-electron chi connectivity index (χ0n) is 13.1. The highest BCUT2D eigenvalue weighted by molar-refractivity contribution is 6.04. The van der Waals surface area contributed by atoms with Gasteiger partial charge in [-0.05, 0) is 36.4 Å². The quantitative estimate of drug-likeness (QED) is 0.669. The van der Waals surface area contributed by atoms with Gasteiger partial charge in [-0.15, -0.1) is 0 Å². The van der Waals surface area contributed by atoms with Gasteiger partial charge in [0.2, 0.25) is 5.91 Å². The van der Waals surface area contributed by atoms with Crippen molar-refractivity contribution in [3.8, 4) is 0 Å². The number of nitrogens with one attached hydrogen (secondary N) is 1. The number of hydrogen-bond donors (Lipinski definition) is 1. The van der Waals surface area contributed by atoms with Gasteiger partial charge in [-0.3, -0.25) is 4.79 Å². The third-order valence-corrected chi connectivity index (χ3v) is 2.98. The molecule has 0 radical (unpaired) electrons. The van der Waals surface area contributed by atoms with E-state index in [-0.39, 0.29) is 16.8 Å². The lowest BCUT2D eigenvalue weighted by atomic mass is 10.1. The Labute approximate surface area is 137 Å². The Balaban J connectivity index is 2.23. The number of rotatable bonds is 5. The van der Waals surface area contributed by atoms with Crippen molar-refractivity contribution < 1.29 is 28.3 Å². The van der Waals surface area contributed by atoms with Gasteiger partial charge in [0.05, 0.1) is 31.6 Å². The maximum Gasteiger partial charge on any atom is 0.337 e. The van der Waals surface area contributed by atoms with Crippen LogP contribution in [0, 0.1) is 0 Å². The van der Waals surface area contributed by atoms with Gasteiger partial charge in [-0.2, -0.15) is 0 Å². The Hall–Kier alpha value is -3.35. The summed E-state index contributed by atoms with van der Waals surface area (Å²) in [4.78, 5) is 35.3. The van der Waals surface area contributed by atoms with Crippen LogP contribution in [0.25, 0.3) is 6.08 Å². The van der Waals surface area contributed by atoms with E-state index in [9.17, 15) is 14.4 Å². The second kappa shape index (κ2) is 7.77. The molecule has 0 saturated heterocycles. The minimum absolute atomic E-state index is 0.116. The minimum Gasteiger partial charge on any atom is -0.465 e. The number of benzene rings is 1. The predicted molar refractivity (Wildman–Crippen MR) is 85.5 cm³/mol. The van der Waals surface area contributed by atoms with Crippen LogP contribution in [0.3, 0.4) is 0 Å². The molecule has 2 rings (SSSR count). The fourth-order valence-electron chi connectivity index (χ4n) is 1.90. The summed E-state index contributed by atoms with van der Waals surface area (Å²) in [5.41, 5.74) is 0.490. The second-order valence-electron chi connectivity index (χ2n) is 4.62. The van der Waals surface area contributed by atoms with Gasteiger partial charge < -0.3 is 19.2 Å². The van der Waals surface area contributed by atoms with Gasteiger partial charge in [0.25, 0.3) is 0 Å². The molecule has 0 aliphatic carbocycles. The van der Waals surface area contributed by atoms with E-state index in [1.54, 1.807) is 12.1 Å². The Bertz CT molecular complexity index is 742. The number of carbonyl (C=O) groups is 3. The van der Waals surface area contributed by atoms with E-state index in [1.165, 1.54) is 50.8 Å². The molecule has 2 aromatic rings. The van der Waals surface area contributed by atoms with Crippen LogP contribution in [0.1, 0.15) is 26.5 Å². The molecule has 1 N–H and O–H groups in total. The van der Waals surface area contributed by atoms with Crippen molar-refractivity contribution in [3.63, 3.8) is 0 Å². The van der Waals surface area contributed by atoms with Crippen LogP contribution in [-0.4, -0.2) is 32.1 Å². The summed E-state index contributed by atoms with van der Waals surface area (Å²) in [5, 5.41) is 2.56. The van der Waals surface area contributed by atoms with Crippen molar-refractivity contribution in [2.24, 2.45) is 0 Å². The molecule has 0 aliphatic heterocycles. The summed E-state index contributed by atoms with van der Waals surface area (Å²) in [6.07, 6.45) is 4.24. The number of furan rings is 1. The SMILES string of the molecule is COC(=O)c1cc(NC(=O)C=Cc2ccco2)cc(C(=O)OC)c1. The molecular formula is C17H15NO6. The van der Waals surface area contributed by atoms with Crippen LogP contribution in [0.5, 0.6) is 0 Å². The fourth-order valence-corrected chi connectivity index (χ4v) is 1.90. The van der Waals surface area contributed by atoms with Gasteiger partial charge in [0.15, 0.2) is 0 Å². The molecule has 7 heteroatoms. The first-order valence-electron chi connectivity index (χ1n) is 6.88. The van der Waals surface area contributed by atoms with E-state index >= 15 is 0 Å². The van der Waals surface area contributed by atoms with E-state index in [4.69, 9.17) is 4.42 Å². The Kier molecular flexibility index (Phi) is 5.51. The molecule has 0 atom stereocenters. The van der Waals surface area contributed by atoms with Gasteiger partial charge in [-0.25, -0.2) is 9.59 Å². The number of ether oxygens (including phenoxy) is 2. The monoisotopic (exact) mass is 329 g/mol. The van der Waals surface area contributed by atoms with E-state index in [0.29, 0.717) is 5.76 Å². The van der Waals surface area contributed by atoms with E-state index in [2.05, 4.69) is 14.8 Å². The number of amides is 1. The molecule has 1 heterocycles. The summed E-state index contributed by atoms with van der Waals surface area (Å²) in [5.74, 6) is -1.21. The first-order valence-corrected chi connectivity index (χ1v) is 6.88. The summed E-state index contributed by atoms with van der Waals surface area (Å²) in [6, 6.07) is 7.51. The molecular weight excluding hydrogens is 314 g/mol. The molecule has 0 saturated carbocycles. The van der Waals surface area contributed by atoms with Crippen molar-refractivity contribution in [1.82, 2.24) is 0 Å². The van der Waals surface area contributed by atoms with Crippen LogP contribution < -0.4 is 5.32 Å². The molecule has 0 aliphatic rings. The lowest BCUT2D eigenvalue weighted by molar-refractivity contribution is -0.111. The lowest BCUT2D eigenvalue weighted by Gasteiger charge is -2.08. The zero-order valence-corrected chi connectivity index (χ0v) is 13.1. The lowest BCUT2D eigenvalue weighted by Crippen LogP contribution is -2.12. The molecule has 7 nitrogen and oxygen atoms in total. The molecule has 124 valence electrons. The fraction of sp³-hybridized carbons (Fsp3) is 0.118. The van der Waals surface area contributed by atoms with Gasteiger partial charge in [0.1, 0.15) is 5.76 Å². The minimum atomic E-state index is -0.637. The Morgan fingerprint density at radius 2 is 1.67 bits per heavy atom. The van der Waals surface area contributed by atoms with Crippen molar-refractivity contribution in [3.05, 3.63) is 59.6 Å². The standard InChI is InChI=1S/C17H15NO6/c1-22-16(20)11-8-12(17(21)23-2)10-13(9-11)18-15(19)6-5-14-4-3-7-24-14/h3-10H,1-2H3,(H,18,19). The van der Waals surface area contributed by atoms with Crippen LogP contribution >= 0.6 is 0 Å². The Morgan fingerprint density at radius 3 is 2.17 bits per heavy atom. The summed E-state index contributed by atoms with van der Waals surface area (Å²) in [6.45, 7) is 0. The highest BCUT2D eigenvalue weighted by Gasteiger charge is 2.14. The third kappa shape index (κ3) is 4.33. The number of anilines is 1. The maximum absolute atomic E-state index is 11.9. The van der Waals surface area contributed by atoms with Crippen molar-refractivity contribution in [2.75, 3.05) is 19.5 Å². The molecule has 1 aromatic heterocycles. The van der Waals surface area contributed by atoms with E-state index in [0.717, 1.165) is 0 Å². The highest BCUT2D eigenvalue weighted by atomic mass is 16.5. The number of methoxy groups -OCH3 is 2. The normalized spacial score (nSPS) is 10.4. The van der Waals surface area contributed by atoms with Crippen LogP contribution in [0.4, 0.5) is 5.69 Å². The average Bonchev–Trinajstić information content (AvgIpc) is 3.11. The van der Waals surface area contributed by atoms with Gasteiger partial charge >= 0.3 is 11.9 Å². The average molecular weight is 329 g/mol. The van der Waals surface area contributed by atoms with Crippen molar-refractivity contribution >= 4 is 29.6 Å². The first-order chi connectivity index (χ1) is 11.5. The molecule has 0 spiro atoms. The largest absolute Gasteiger partial charge is 0.465 e. The van der Waals surface area contributed by atoms with Crippen molar-refractivity contribution in [2.45, 2.75) is 0 Å². The molecule has 0 bridgehead atoms. The second-order valence-corrected chi connectivity index (χ2v) is 4.62. The van der Waals surface area contributed by atoms with Crippen LogP contribution in [0.15, 0.2) is 47.1 Å². The maximum atomic E-state index is 11.9. The summed E-state index contributed by atoms with van der Waals surface area (Å²) >= 11 is 0. The molecule has 1 amide bonds. The topological polar surface area (TPSA) is 94.8 Å². The zero-order chi connectivity index (χ0) is 17.5. The molecule has 0 fully saturated rings. The van der Waals surface area contributed by atoms with Crippen LogP contribution in [-0.2, 0) is 14.3 Å². The Morgan fingerprint density at radius 1 is 1.04 bits per heavy atom. The third-order valence-electron chi connectivity index (χ3n) is 2.98. The number of esters is 2. The van der Waals surface area contributed by atoms with Crippen LogP contribution in [0.2, 0.25) is 0 Å². The smallest absolute Gasteiger partial charge is 0.337 e. The van der Waals surface area contributed by atoms with Gasteiger partial charge in [0, 0.05) is 11.8 Å². The van der Waals surface area contributed by atoms with Crippen molar-refractivity contribution in [1.29, 1.82) is 0 Å². The summed E-state index contributed by atoms with van der Waals surface area (Å²) < 4.78 is 14.3. The number of carbonyl (C=O) groups excluding carboxylic acids is 3. The predicted octanol–water partition coefficient (Wildman–Crippen LogP) is 2.50. The molecule has 1 aromatic carbocycles. The van der Waals surface area contributed by atoms with E-state index < -0.39 is 17.8 Å². The summed E-state index contributed by atoms with van der Waals surface area (Å²) in [7, 11) is 2.44. The highest BCUT2D eigenvalue weighted by Crippen LogP contribution is 2.17. The van der Waals surface area contributed by atoms with E-state index in [1.807, 2.05) is 0 Å². The van der Waals surface area contributed by atoms with Gasteiger partial charge in [-0.1, -0.05) is 0 Å². The molecule has 0 unspecified atom stereocenters. The first kappa shape index (κ1) is 17.0. The number of hydrogen-bond acceptors (Lipinski definition) is 6.